The third-order valence-electron chi connectivity index (χ3n) is 5.06. The molecule has 0 radical (unpaired) electrons. The molecule has 36 heavy (non-hydrogen) atoms. The largest absolute Gasteiger partial charge is 0.493 e. The molecule has 1 aliphatic rings. The summed E-state index contributed by atoms with van der Waals surface area (Å²) < 4.78 is 17.8. The summed E-state index contributed by atoms with van der Waals surface area (Å²) in [4.78, 5) is 15.4. The lowest BCUT2D eigenvalue weighted by Gasteiger charge is -2.13. The zero-order chi connectivity index (χ0) is 25.5. The predicted octanol–water partition coefficient (Wildman–Crippen LogP) is 6.59. The number of amidine groups is 1. The number of furan rings is 1. The van der Waals surface area contributed by atoms with Crippen molar-refractivity contribution in [1.82, 2.24) is 4.90 Å². The van der Waals surface area contributed by atoms with E-state index in [9.17, 15) is 4.79 Å². The average molecular weight is 568 g/mol. The number of halogens is 1. The van der Waals surface area contributed by atoms with E-state index in [-0.39, 0.29) is 12.5 Å². The van der Waals surface area contributed by atoms with Gasteiger partial charge in [-0.3, -0.25) is 9.69 Å². The average Bonchev–Trinajstić information content (AvgIpc) is 3.48. The number of ether oxygens (including phenoxy) is 2. The summed E-state index contributed by atoms with van der Waals surface area (Å²) in [5.74, 6) is 2.16. The maximum atomic E-state index is 13.3. The molecule has 186 valence electrons. The lowest BCUT2D eigenvalue weighted by atomic mass is 10.1. The third kappa shape index (κ3) is 6.67. The van der Waals surface area contributed by atoms with Gasteiger partial charge in [-0.2, -0.15) is 5.10 Å². The topological polar surface area (TPSA) is 76.6 Å². The summed E-state index contributed by atoms with van der Waals surface area (Å²) in [6.45, 7) is 5.02. The first-order valence-electron chi connectivity index (χ1n) is 11.3. The van der Waals surface area contributed by atoms with Crippen molar-refractivity contribution in [3.63, 3.8) is 0 Å². The minimum atomic E-state index is -0.173. The maximum Gasteiger partial charge on any atom is 0.267 e. The molecule has 0 atom stereocenters. The van der Waals surface area contributed by atoms with E-state index >= 15 is 0 Å². The molecule has 1 amide bonds. The van der Waals surface area contributed by atoms with Crippen LogP contribution in [-0.2, 0) is 11.3 Å². The number of carbonyl (C=O) groups excluding carboxylic acids is 1. The van der Waals surface area contributed by atoms with Crippen molar-refractivity contribution in [2.24, 2.45) is 16.1 Å². The molecule has 3 aromatic rings. The van der Waals surface area contributed by atoms with Crippen LogP contribution in [0.5, 0.6) is 11.5 Å². The Balaban J connectivity index is 1.59. The van der Waals surface area contributed by atoms with Crippen LogP contribution < -0.4 is 9.47 Å². The summed E-state index contributed by atoms with van der Waals surface area (Å²) in [5, 5.41) is 9.04. The number of methoxy groups -OCH3 is 1. The van der Waals surface area contributed by atoms with Gasteiger partial charge in [0, 0.05) is 4.47 Å². The molecule has 0 N–H and O–H groups in total. The first-order chi connectivity index (χ1) is 17.4. The highest BCUT2D eigenvalue weighted by Gasteiger charge is 2.34. The van der Waals surface area contributed by atoms with E-state index in [1.807, 2.05) is 54.6 Å². The Kier molecular flexibility index (Phi) is 8.66. The molecular weight excluding hydrogens is 542 g/mol. The van der Waals surface area contributed by atoms with Crippen LogP contribution in [0.15, 0.2) is 84.9 Å². The second-order valence-electron chi connectivity index (χ2n) is 8.38. The summed E-state index contributed by atoms with van der Waals surface area (Å²) in [5.41, 5.74) is 1.72. The van der Waals surface area contributed by atoms with Gasteiger partial charge < -0.3 is 13.9 Å². The number of benzene rings is 2. The van der Waals surface area contributed by atoms with Crippen molar-refractivity contribution in [3.8, 4) is 11.5 Å². The van der Waals surface area contributed by atoms with Gasteiger partial charge in [-0.05, 0) is 71.3 Å². The normalized spacial score (nSPS) is 16.1. The zero-order valence-corrected chi connectivity index (χ0v) is 22.6. The van der Waals surface area contributed by atoms with Crippen LogP contribution in [0.25, 0.3) is 6.08 Å². The van der Waals surface area contributed by atoms with Crippen molar-refractivity contribution in [2.75, 3.05) is 13.7 Å². The van der Waals surface area contributed by atoms with Gasteiger partial charge >= 0.3 is 0 Å². The van der Waals surface area contributed by atoms with Crippen molar-refractivity contribution < 1.29 is 18.7 Å². The standard InChI is InChI=1S/C27H26BrN3O4S/c1-18(2)17-35-23-11-8-20(13-24(23)33-3)14-25-26(32)31(16-22-5-4-12-34-22)27(36-25)30-29-15-19-6-9-21(28)10-7-19/h4-15,18H,16-17H2,1-3H3/b25-14-,29-15-,30-27+. The Morgan fingerprint density at radius 3 is 2.58 bits per heavy atom. The highest BCUT2D eigenvalue weighted by Crippen LogP contribution is 2.35. The number of thioether (sulfide) groups is 1. The Hall–Kier alpha value is -3.30. The monoisotopic (exact) mass is 567 g/mol. The molecule has 0 aliphatic carbocycles. The number of nitrogens with zero attached hydrogens (tertiary/aromatic N) is 3. The van der Waals surface area contributed by atoms with E-state index in [0.717, 1.165) is 15.6 Å². The maximum absolute atomic E-state index is 13.3. The van der Waals surface area contributed by atoms with E-state index in [0.29, 0.717) is 39.9 Å². The Morgan fingerprint density at radius 1 is 1.11 bits per heavy atom. The van der Waals surface area contributed by atoms with Crippen LogP contribution in [-0.4, -0.2) is 35.9 Å². The Morgan fingerprint density at radius 2 is 1.89 bits per heavy atom. The summed E-state index contributed by atoms with van der Waals surface area (Å²) >= 11 is 4.69. The summed E-state index contributed by atoms with van der Waals surface area (Å²) in [7, 11) is 1.60. The van der Waals surface area contributed by atoms with Crippen LogP contribution in [0.3, 0.4) is 0 Å². The fraction of sp³-hybridized carbons (Fsp3) is 0.222. The highest BCUT2D eigenvalue weighted by molar-refractivity contribution is 9.10. The van der Waals surface area contributed by atoms with Gasteiger partial charge in [0.05, 0.1) is 37.6 Å². The van der Waals surface area contributed by atoms with Gasteiger partial charge in [-0.25, -0.2) is 0 Å². The number of carbonyl (C=O) groups is 1. The fourth-order valence-corrected chi connectivity index (χ4v) is 4.47. The van der Waals surface area contributed by atoms with E-state index in [2.05, 4.69) is 40.0 Å². The van der Waals surface area contributed by atoms with E-state index in [1.165, 1.54) is 11.8 Å². The number of amides is 1. The van der Waals surface area contributed by atoms with Gasteiger partial charge in [-0.15, -0.1) is 5.10 Å². The molecule has 9 heteroatoms. The highest BCUT2D eigenvalue weighted by atomic mass is 79.9. The van der Waals surface area contributed by atoms with Crippen LogP contribution >= 0.6 is 27.7 Å². The molecular formula is C27H26BrN3O4S. The number of hydrogen-bond donors (Lipinski definition) is 0. The van der Waals surface area contributed by atoms with Crippen LogP contribution in [0.1, 0.15) is 30.7 Å². The van der Waals surface area contributed by atoms with Crippen molar-refractivity contribution in [2.45, 2.75) is 20.4 Å². The molecule has 0 unspecified atom stereocenters. The van der Waals surface area contributed by atoms with Gasteiger partial charge in [0.15, 0.2) is 16.7 Å². The number of hydrogen-bond acceptors (Lipinski definition) is 7. The smallest absolute Gasteiger partial charge is 0.267 e. The van der Waals surface area contributed by atoms with Crippen LogP contribution in [0.4, 0.5) is 0 Å². The molecule has 1 fully saturated rings. The minimum Gasteiger partial charge on any atom is -0.493 e. The van der Waals surface area contributed by atoms with E-state index < -0.39 is 0 Å². The van der Waals surface area contributed by atoms with E-state index in [4.69, 9.17) is 13.9 Å². The SMILES string of the molecule is COc1cc(/C=C2\S/C(=N/N=C\c3ccc(Br)cc3)N(Cc3ccco3)C2=O)ccc1OCC(C)C. The summed E-state index contributed by atoms with van der Waals surface area (Å²) in [6, 6.07) is 16.9. The molecule has 1 aliphatic heterocycles. The predicted molar refractivity (Wildman–Crippen MR) is 147 cm³/mol. The quantitative estimate of drug-likeness (QED) is 0.165. The van der Waals surface area contributed by atoms with Crippen molar-refractivity contribution >= 4 is 51.1 Å². The van der Waals surface area contributed by atoms with Crippen molar-refractivity contribution in [3.05, 3.63) is 87.1 Å². The van der Waals surface area contributed by atoms with Gasteiger partial charge in [-0.1, -0.05) is 48.0 Å². The first kappa shape index (κ1) is 25.8. The third-order valence-corrected chi connectivity index (χ3v) is 6.59. The second kappa shape index (κ2) is 12.1. The van der Waals surface area contributed by atoms with Gasteiger partial charge in [0.2, 0.25) is 0 Å². The molecule has 0 bridgehead atoms. The van der Waals surface area contributed by atoms with Crippen molar-refractivity contribution in [1.29, 1.82) is 0 Å². The molecule has 4 rings (SSSR count). The molecule has 1 aromatic heterocycles. The lowest BCUT2D eigenvalue weighted by molar-refractivity contribution is -0.122. The molecule has 0 saturated carbocycles. The molecule has 1 saturated heterocycles. The molecule has 2 heterocycles. The van der Waals surface area contributed by atoms with E-state index in [1.54, 1.807) is 30.6 Å². The summed E-state index contributed by atoms with van der Waals surface area (Å²) in [6.07, 6.45) is 5.05. The zero-order valence-electron chi connectivity index (χ0n) is 20.2. The van der Waals surface area contributed by atoms with Crippen LogP contribution in [0, 0.1) is 5.92 Å². The Bertz CT molecular complexity index is 1280. The molecule has 0 spiro atoms. The molecule has 2 aromatic carbocycles. The molecule has 7 nitrogen and oxygen atoms in total. The first-order valence-corrected chi connectivity index (χ1v) is 12.9. The second-order valence-corrected chi connectivity index (χ2v) is 10.3. The minimum absolute atomic E-state index is 0.173. The van der Waals surface area contributed by atoms with Gasteiger partial charge in [0.1, 0.15) is 5.76 Å². The lowest BCUT2D eigenvalue weighted by Crippen LogP contribution is -2.28. The Labute approximate surface area is 223 Å². The number of rotatable bonds is 9. The fourth-order valence-electron chi connectivity index (χ4n) is 3.28. The van der Waals surface area contributed by atoms with Gasteiger partial charge in [0.25, 0.3) is 5.91 Å². The van der Waals surface area contributed by atoms with Crippen LogP contribution in [0.2, 0.25) is 0 Å².